The van der Waals surface area contributed by atoms with Gasteiger partial charge < -0.3 is 4.74 Å². The molecule has 0 spiro atoms. The van der Waals surface area contributed by atoms with Gasteiger partial charge in [0.05, 0.1) is 13.2 Å². The van der Waals surface area contributed by atoms with Gasteiger partial charge in [-0.05, 0) is 24.0 Å². The monoisotopic (exact) mass is 367 g/mol. The summed E-state index contributed by atoms with van der Waals surface area (Å²) < 4.78 is 34.6. The van der Waals surface area contributed by atoms with E-state index in [1.807, 2.05) is 12.1 Å². The topological polar surface area (TPSA) is 61.9 Å². The maximum atomic E-state index is 12.4. The van der Waals surface area contributed by atoms with E-state index in [9.17, 15) is 8.42 Å². The molecule has 6 nitrogen and oxygen atoms in total. The van der Waals surface area contributed by atoms with E-state index in [2.05, 4.69) is 21.8 Å². The lowest BCUT2D eigenvalue weighted by atomic mass is 10.1. The number of ether oxygens (including phenoxy) is 1. The number of nitrogens with zero attached hydrogens (tertiary/aromatic N) is 2. The van der Waals surface area contributed by atoms with E-state index in [1.165, 1.54) is 5.56 Å². The van der Waals surface area contributed by atoms with E-state index in [-0.39, 0.29) is 0 Å². The van der Waals surface area contributed by atoms with Crippen LogP contribution in [0.5, 0.6) is 0 Å². The fourth-order valence-electron chi connectivity index (χ4n) is 3.33. The Kier molecular flexibility index (Phi) is 6.84. The molecular formula is C18H29N3O3S. The van der Waals surface area contributed by atoms with Gasteiger partial charge in [0.25, 0.3) is 10.2 Å². The average molecular weight is 368 g/mol. The highest BCUT2D eigenvalue weighted by atomic mass is 32.2. The molecule has 0 radical (unpaired) electrons. The minimum atomic E-state index is -3.38. The van der Waals surface area contributed by atoms with Crippen molar-refractivity contribution in [3.05, 3.63) is 35.4 Å². The highest BCUT2D eigenvalue weighted by Gasteiger charge is 2.22. The molecule has 2 aliphatic rings. The fourth-order valence-corrected chi connectivity index (χ4v) is 4.60. The molecule has 2 aliphatic heterocycles. The zero-order valence-electron chi connectivity index (χ0n) is 14.8. The molecule has 0 atom stereocenters. The van der Waals surface area contributed by atoms with Crippen molar-refractivity contribution in [3.8, 4) is 0 Å². The van der Waals surface area contributed by atoms with Crippen LogP contribution in [0.25, 0.3) is 0 Å². The molecule has 1 N–H and O–H groups in total. The van der Waals surface area contributed by atoms with Crippen LogP contribution in [0, 0.1) is 0 Å². The normalized spacial score (nSPS) is 21.1. The summed E-state index contributed by atoms with van der Waals surface area (Å²) in [7, 11) is -3.38. The van der Waals surface area contributed by atoms with Crippen LogP contribution in [-0.4, -0.2) is 57.0 Å². The Labute approximate surface area is 151 Å². The SMILES string of the molecule is O=S(=O)(NCc1ccc(CN2CCOCC2)cc1)N1CCCCCC1. The van der Waals surface area contributed by atoms with Gasteiger partial charge in [0.15, 0.2) is 0 Å². The summed E-state index contributed by atoms with van der Waals surface area (Å²) in [6.45, 7) is 6.07. The molecule has 2 fully saturated rings. The first-order chi connectivity index (χ1) is 12.1. The fraction of sp³-hybridized carbons (Fsp3) is 0.667. The summed E-state index contributed by atoms with van der Waals surface area (Å²) in [4.78, 5) is 2.38. The molecule has 0 bridgehead atoms. The second-order valence-electron chi connectivity index (χ2n) is 6.84. The summed E-state index contributed by atoms with van der Waals surface area (Å²) in [6.07, 6.45) is 4.15. The number of benzene rings is 1. The van der Waals surface area contributed by atoms with Crippen molar-refractivity contribution in [2.75, 3.05) is 39.4 Å². The van der Waals surface area contributed by atoms with Gasteiger partial charge in [-0.15, -0.1) is 0 Å². The summed E-state index contributed by atoms with van der Waals surface area (Å²) >= 11 is 0. The second-order valence-corrected chi connectivity index (χ2v) is 8.60. The maximum Gasteiger partial charge on any atom is 0.279 e. The van der Waals surface area contributed by atoms with E-state index >= 15 is 0 Å². The van der Waals surface area contributed by atoms with Gasteiger partial charge in [0.2, 0.25) is 0 Å². The minimum Gasteiger partial charge on any atom is -0.379 e. The summed E-state index contributed by atoms with van der Waals surface area (Å²) in [5.41, 5.74) is 2.24. The molecule has 3 rings (SSSR count). The first kappa shape index (κ1) is 18.8. The van der Waals surface area contributed by atoms with Gasteiger partial charge in [-0.1, -0.05) is 37.1 Å². The van der Waals surface area contributed by atoms with Gasteiger partial charge in [-0.25, -0.2) is 0 Å². The molecular weight excluding hydrogens is 338 g/mol. The molecule has 1 aromatic rings. The van der Waals surface area contributed by atoms with Crippen molar-refractivity contribution in [1.29, 1.82) is 0 Å². The van der Waals surface area contributed by atoms with E-state index < -0.39 is 10.2 Å². The number of nitrogens with one attached hydrogen (secondary N) is 1. The molecule has 0 amide bonds. The number of rotatable bonds is 6. The van der Waals surface area contributed by atoms with E-state index in [0.717, 1.165) is 64.1 Å². The summed E-state index contributed by atoms with van der Waals surface area (Å²) in [5, 5.41) is 0. The van der Waals surface area contributed by atoms with Gasteiger partial charge in [0, 0.05) is 39.3 Å². The zero-order chi connectivity index (χ0) is 17.5. The summed E-state index contributed by atoms with van der Waals surface area (Å²) in [6, 6.07) is 8.21. The lowest BCUT2D eigenvalue weighted by molar-refractivity contribution is 0.0342. The van der Waals surface area contributed by atoms with Crippen molar-refractivity contribution < 1.29 is 13.2 Å². The molecule has 0 aliphatic carbocycles. The third-order valence-electron chi connectivity index (χ3n) is 4.90. The quantitative estimate of drug-likeness (QED) is 0.832. The Morgan fingerprint density at radius 2 is 1.48 bits per heavy atom. The molecule has 2 saturated heterocycles. The molecule has 2 heterocycles. The maximum absolute atomic E-state index is 12.4. The van der Waals surface area contributed by atoms with Crippen LogP contribution >= 0.6 is 0 Å². The number of hydrogen-bond acceptors (Lipinski definition) is 4. The third kappa shape index (κ3) is 5.76. The van der Waals surface area contributed by atoms with Crippen molar-refractivity contribution in [2.24, 2.45) is 0 Å². The molecule has 0 aromatic heterocycles. The highest BCUT2D eigenvalue weighted by Crippen LogP contribution is 2.13. The van der Waals surface area contributed by atoms with Crippen LogP contribution in [0.4, 0.5) is 0 Å². The van der Waals surface area contributed by atoms with Gasteiger partial charge in [-0.2, -0.15) is 17.4 Å². The molecule has 7 heteroatoms. The van der Waals surface area contributed by atoms with Crippen LogP contribution in [0.1, 0.15) is 36.8 Å². The Hall–Kier alpha value is -0.990. The Bertz CT molecular complexity index is 619. The predicted molar refractivity (Wildman–Crippen MR) is 98.3 cm³/mol. The lowest BCUT2D eigenvalue weighted by Gasteiger charge is -2.26. The first-order valence-electron chi connectivity index (χ1n) is 9.26. The predicted octanol–water partition coefficient (Wildman–Crippen LogP) is 1.73. The van der Waals surface area contributed by atoms with Crippen molar-refractivity contribution in [3.63, 3.8) is 0 Å². The van der Waals surface area contributed by atoms with Crippen LogP contribution < -0.4 is 4.72 Å². The lowest BCUT2D eigenvalue weighted by Crippen LogP contribution is -2.40. The van der Waals surface area contributed by atoms with E-state index in [0.29, 0.717) is 19.6 Å². The largest absolute Gasteiger partial charge is 0.379 e. The summed E-state index contributed by atoms with van der Waals surface area (Å²) in [5.74, 6) is 0. The van der Waals surface area contributed by atoms with Gasteiger partial charge >= 0.3 is 0 Å². The third-order valence-corrected chi connectivity index (χ3v) is 6.45. The zero-order valence-corrected chi connectivity index (χ0v) is 15.6. The van der Waals surface area contributed by atoms with E-state index in [4.69, 9.17) is 4.74 Å². The molecule has 0 unspecified atom stereocenters. The van der Waals surface area contributed by atoms with Gasteiger partial charge in [-0.3, -0.25) is 4.90 Å². The van der Waals surface area contributed by atoms with Gasteiger partial charge in [0.1, 0.15) is 0 Å². The second kappa shape index (κ2) is 9.09. The number of hydrogen-bond donors (Lipinski definition) is 1. The standard InChI is InChI=1S/C18H29N3O3S/c22-25(23,21-9-3-1-2-4-10-21)19-15-17-5-7-18(8-6-17)16-20-11-13-24-14-12-20/h5-8,19H,1-4,9-16H2. The van der Waals surface area contributed by atoms with Crippen LogP contribution in [0.3, 0.4) is 0 Å². The average Bonchev–Trinajstić information content (AvgIpc) is 2.92. The van der Waals surface area contributed by atoms with Crippen molar-refractivity contribution in [2.45, 2.75) is 38.8 Å². The molecule has 1 aromatic carbocycles. The van der Waals surface area contributed by atoms with Crippen molar-refractivity contribution in [1.82, 2.24) is 13.9 Å². The van der Waals surface area contributed by atoms with Crippen LogP contribution in [-0.2, 0) is 28.0 Å². The molecule has 140 valence electrons. The number of morpholine rings is 1. The van der Waals surface area contributed by atoms with Crippen molar-refractivity contribution >= 4 is 10.2 Å². The Balaban J connectivity index is 1.50. The van der Waals surface area contributed by atoms with Crippen LogP contribution in [0.2, 0.25) is 0 Å². The van der Waals surface area contributed by atoms with Crippen LogP contribution in [0.15, 0.2) is 24.3 Å². The highest BCUT2D eigenvalue weighted by molar-refractivity contribution is 7.87. The Morgan fingerprint density at radius 1 is 0.880 bits per heavy atom. The molecule has 25 heavy (non-hydrogen) atoms. The first-order valence-corrected chi connectivity index (χ1v) is 10.7. The smallest absolute Gasteiger partial charge is 0.279 e. The molecule has 0 saturated carbocycles. The Morgan fingerprint density at radius 3 is 2.12 bits per heavy atom. The van der Waals surface area contributed by atoms with E-state index in [1.54, 1.807) is 4.31 Å². The minimum absolute atomic E-state index is 0.344.